The number of carbonyl (C=O) groups is 1. The fraction of sp³-hybridized carbons (Fsp3) is 0.160. The molecule has 28 heavy (non-hydrogen) atoms. The van der Waals surface area contributed by atoms with Crippen molar-refractivity contribution in [2.24, 2.45) is 0 Å². The fourth-order valence-electron chi connectivity index (χ4n) is 4.20. The molecule has 1 aliphatic carbocycles. The number of benzene rings is 3. The van der Waals surface area contributed by atoms with E-state index < -0.39 is 0 Å². The van der Waals surface area contributed by atoms with Gasteiger partial charge < -0.3 is 10.3 Å². The third-order valence-corrected chi connectivity index (χ3v) is 5.61. The van der Waals surface area contributed by atoms with Crippen LogP contribution in [-0.4, -0.2) is 10.9 Å². The average Bonchev–Trinajstić information content (AvgIpc) is 3.29. The van der Waals surface area contributed by atoms with E-state index in [4.69, 9.17) is 0 Å². The lowest BCUT2D eigenvalue weighted by Crippen LogP contribution is -2.11. The fourth-order valence-corrected chi connectivity index (χ4v) is 4.20. The van der Waals surface area contributed by atoms with Gasteiger partial charge in [-0.3, -0.25) is 4.79 Å². The highest BCUT2D eigenvalue weighted by atomic mass is 16.1. The molecule has 0 fully saturated rings. The number of anilines is 1. The van der Waals surface area contributed by atoms with Gasteiger partial charge in [-0.15, -0.1) is 0 Å². The first kappa shape index (κ1) is 16.8. The van der Waals surface area contributed by atoms with Crippen molar-refractivity contribution in [2.75, 3.05) is 5.32 Å². The number of nitrogens with one attached hydrogen (secondary N) is 2. The molecule has 1 heterocycles. The largest absolute Gasteiger partial charge is 0.361 e. The number of aromatic nitrogens is 1. The van der Waals surface area contributed by atoms with E-state index in [1.165, 1.54) is 33.2 Å². The van der Waals surface area contributed by atoms with E-state index >= 15 is 0 Å². The predicted octanol–water partition coefficient (Wildman–Crippen LogP) is 5.70. The molecule has 0 spiro atoms. The van der Waals surface area contributed by atoms with Gasteiger partial charge >= 0.3 is 0 Å². The van der Waals surface area contributed by atoms with Crippen molar-refractivity contribution in [2.45, 2.75) is 25.7 Å². The van der Waals surface area contributed by atoms with Crippen molar-refractivity contribution in [1.82, 2.24) is 4.98 Å². The molecular formula is C25H22N2O. The van der Waals surface area contributed by atoms with Gasteiger partial charge in [-0.25, -0.2) is 0 Å². The molecule has 3 aromatic carbocycles. The lowest BCUT2D eigenvalue weighted by molar-refractivity contribution is -0.116. The summed E-state index contributed by atoms with van der Waals surface area (Å²) in [5.41, 5.74) is 8.53. The Labute approximate surface area is 164 Å². The summed E-state index contributed by atoms with van der Waals surface area (Å²) >= 11 is 0. The van der Waals surface area contributed by atoms with E-state index in [1.54, 1.807) is 0 Å². The lowest BCUT2D eigenvalue weighted by atomic mass is 10.0. The minimum Gasteiger partial charge on any atom is -0.361 e. The van der Waals surface area contributed by atoms with Crippen LogP contribution in [0.2, 0.25) is 0 Å². The summed E-state index contributed by atoms with van der Waals surface area (Å²) in [6.07, 6.45) is 5.29. The normalized spacial score (nSPS) is 12.0. The molecule has 4 aromatic rings. The Bertz CT molecular complexity index is 1170. The number of rotatable bonds is 5. The van der Waals surface area contributed by atoms with Gasteiger partial charge in [0.15, 0.2) is 0 Å². The number of amides is 1. The molecule has 0 saturated heterocycles. The first-order valence-electron chi connectivity index (χ1n) is 9.84. The number of hydrogen-bond acceptors (Lipinski definition) is 1. The maximum absolute atomic E-state index is 12.4. The molecule has 3 nitrogen and oxygen atoms in total. The summed E-state index contributed by atoms with van der Waals surface area (Å²) in [6, 6.07) is 23.1. The Morgan fingerprint density at radius 1 is 0.929 bits per heavy atom. The Balaban J connectivity index is 1.22. The van der Waals surface area contributed by atoms with Crippen molar-refractivity contribution < 1.29 is 4.79 Å². The highest BCUT2D eigenvalue weighted by molar-refractivity contribution is 5.92. The van der Waals surface area contributed by atoms with Gasteiger partial charge in [0.25, 0.3) is 0 Å². The molecule has 0 saturated carbocycles. The average molecular weight is 366 g/mol. The molecule has 138 valence electrons. The highest BCUT2D eigenvalue weighted by Gasteiger charge is 2.18. The Morgan fingerprint density at radius 3 is 2.71 bits per heavy atom. The van der Waals surface area contributed by atoms with Crippen LogP contribution in [0, 0.1) is 0 Å². The smallest absolute Gasteiger partial charge is 0.224 e. The molecule has 0 atom stereocenters. The van der Waals surface area contributed by atoms with E-state index in [-0.39, 0.29) is 5.91 Å². The highest BCUT2D eigenvalue weighted by Crippen LogP contribution is 2.37. The summed E-state index contributed by atoms with van der Waals surface area (Å²) < 4.78 is 0. The maximum atomic E-state index is 12.4. The van der Waals surface area contributed by atoms with Crippen LogP contribution in [0.4, 0.5) is 5.69 Å². The van der Waals surface area contributed by atoms with Crippen LogP contribution in [-0.2, 0) is 17.6 Å². The zero-order chi connectivity index (χ0) is 18.9. The van der Waals surface area contributed by atoms with E-state index in [9.17, 15) is 4.79 Å². The quantitative estimate of drug-likeness (QED) is 0.412. The van der Waals surface area contributed by atoms with Crippen molar-refractivity contribution in [3.05, 3.63) is 89.6 Å². The maximum Gasteiger partial charge on any atom is 0.224 e. The minimum atomic E-state index is 0.0751. The van der Waals surface area contributed by atoms with Gasteiger partial charge in [0.1, 0.15) is 0 Å². The van der Waals surface area contributed by atoms with Crippen molar-refractivity contribution in [3.63, 3.8) is 0 Å². The molecule has 0 unspecified atom stereocenters. The number of hydrogen-bond donors (Lipinski definition) is 2. The van der Waals surface area contributed by atoms with Crippen molar-refractivity contribution >= 4 is 22.5 Å². The number of para-hydroxylation sites is 1. The molecule has 0 aliphatic heterocycles. The van der Waals surface area contributed by atoms with E-state index in [1.807, 2.05) is 12.1 Å². The third-order valence-electron chi connectivity index (χ3n) is 5.61. The lowest BCUT2D eigenvalue weighted by Gasteiger charge is -2.08. The molecule has 3 heteroatoms. The van der Waals surface area contributed by atoms with Gasteiger partial charge in [0.2, 0.25) is 5.91 Å². The molecule has 0 bridgehead atoms. The monoisotopic (exact) mass is 366 g/mol. The van der Waals surface area contributed by atoms with Crippen LogP contribution < -0.4 is 5.32 Å². The van der Waals surface area contributed by atoms with Crippen LogP contribution in [0.5, 0.6) is 0 Å². The standard InChI is InChI=1S/C25H22N2O/c28-25(11-5-7-19-16-26-24-10-4-3-9-22(19)24)27-20-13-12-18-14-17-6-1-2-8-21(17)23(18)15-20/h1-4,6,8-10,12-13,15-16,26H,5,7,11,14H2,(H,27,28). The van der Waals surface area contributed by atoms with E-state index in [2.05, 4.69) is 71.1 Å². The zero-order valence-corrected chi connectivity index (χ0v) is 15.7. The first-order chi connectivity index (χ1) is 13.8. The third kappa shape index (κ3) is 3.09. The Morgan fingerprint density at radius 2 is 1.75 bits per heavy atom. The second-order valence-electron chi connectivity index (χ2n) is 7.47. The SMILES string of the molecule is O=C(CCCc1c[nH]c2ccccc12)Nc1ccc2c(c1)-c1ccccc1C2. The minimum absolute atomic E-state index is 0.0751. The zero-order valence-electron chi connectivity index (χ0n) is 15.7. The van der Waals surface area contributed by atoms with Crippen LogP contribution >= 0.6 is 0 Å². The van der Waals surface area contributed by atoms with Gasteiger partial charge in [-0.2, -0.15) is 0 Å². The summed E-state index contributed by atoms with van der Waals surface area (Å²) in [5.74, 6) is 0.0751. The van der Waals surface area contributed by atoms with Gasteiger partial charge in [-0.1, -0.05) is 48.5 Å². The van der Waals surface area contributed by atoms with Crippen LogP contribution in [0.1, 0.15) is 29.5 Å². The molecule has 1 amide bonds. The molecule has 0 radical (unpaired) electrons. The Hall–Kier alpha value is -3.33. The van der Waals surface area contributed by atoms with Crippen molar-refractivity contribution in [1.29, 1.82) is 0 Å². The van der Waals surface area contributed by atoms with Gasteiger partial charge in [-0.05, 0) is 65.3 Å². The molecule has 1 aromatic heterocycles. The summed E-state index contributed by atoms with van der Waals surface area (Å²) in [4.78, 5) is 15.7. The van der Waals surface area contributed by atoms with Crippen molar-refractivity contribution in [3.8, 4) is 11.1 Å². The molecule has 2 N–H and O–H groups in total. The number of fused-ring (bicyclic) bond motifs is 4. The van der Waals surface area contributed by atoms with Gasteiger partial charge in [0.05, 0.1) is 0 Å². The molecule has 5 rings (SSSR count). The summed E-state index contributed by atoms with van der Waals surface area (Å²) in [5, 5.41) is 4.32. The summed E-state index contributed by atoms with van der Waals surface area (Å²) in [6.45, 7) is 0. The molecular weight excluding hydrogens is 344 g/mol. The predicted molar refractivity (Wildman–Crippen MR) is 115 cm³/mol. The topological polar surface area (TPSA) is 44.9 Å². The Kier molecular flexibility index (Phi) is 4.21. The van der Waals surface area contributed by atoms with Crippen LogP contribution in [0.25, 0.3) is 22.0 Å². The molecule has 1 aliphatic rings. The second kappa shape index (κ2) is 7.01. The number of H-pyrrole nitrogens is 1. The number of aryl methyl sites for hydroxylation is 1. The van der Waals surface area contributed by atoms with E-state index in [0.717, 1.165) is 30.5 Å². The van der Waals surface area contributed by atoms with Gasteiger partial charge in [0, 0.05) is 29.2 Å². The first-order valence-corrected chi connectivity index (χ1v) is 9.84. The number of aromatic amines is 1. The van der Waals surface area contributed by atoms with E-state index in [0.29, 0.717) is 6.42 Å². The summed E-state index contributed by atoms with van der Waals surface area (Å²) in [7, 11) is 0. The van der Waals surface area contributed by atoms with Crippen LogP contribution in [0.3, 0.4) is 0 Å². The van der Waals surface area contributed by atoms with Crippen LogP contribution in [0.15, 0.2) is 72.9 Å². The second-order valence-corrected chi connectivity index (χ2v) is 7.47. The number of carbonyl (C=O) groups excluding carboxylic acids is 1.